The van der Waals surface area contributed by atoms with Crippen LogP contribution in [-0.2, 0) is 0 Å². The average molecular weight is 385 g/mol. The number of unbranched alkanes of at least 4 members (excludes halogenated alkanes) is 1. The molecule has 0 amide bonds. The molecule has 1 aliphatic rings. The van der Waals surface area contributed by atoms with Crippen molar-refractivity contribution in [1.29, 1.82) is 0 Å². The Kier molecular flexibility index (Phi) is 7.12. The van der Waals surface area contributed by atoms with Crippen molar-refractivity contribution in [1.82, 2.24) is 10.3 Å². The van der Waals surface area contributed by atoms with Crippen molar-refractivity contribution in [2.75, 3.05) is 37.0 Å². The fourth-order valence-electron chi connectivity index (χ4n) is 3.49. The summed E-state index contributed by atoms with van der Waals surface area (Å²) >= 11 is 0. The second-order valence-corrected chi connectivity index (χ2v) is 7.40. The van der Waals surface area contributed by atoms with Gasteiger partial charge in [0.05, 0.1) is 18.5 Å². The molecule has 1 saturated heterocycles. The van der Waals surface area contributed by atoms with Crippen molar-refractivity contribution >= 4 is 11.5 Å². The largest absolute Gasteiger partial charge is 0.494 e. The van der Waals surface area contributed by atoms with Crippen LogP contribution in [0, 0.1) is 6.92 Å². The summed E-state index contributed by atoms with van der Waals surface area (Å²) in [4.78, 5) is 6.95. The third-order valence-corrected chi connectivity index (χ3v) is 5.21. The number of likely N-dealkylation sites (N-methyl/N-ethyl adjacent to an activating group) is 1. The van der Waals surface area contributed by atoms with E-state index in [4.69, 9.17) is 4.74 Å². The van der Waals surface area contributed by atoms with Crippen LogP contribution in [0.4, 0.5) is 11.5 Å². The predicted molar refractivity (Wildman–Crippen MR) is 114 cm³/mol. The molecule has 1 aromatic heterocycles. The molecule has 1 aliphatic heterocycles. The number of hydrogen-bond donors (Lipinski definition) is 3. The Morgan fingerprint density at radius 1 is 1.32 bits per heavy atom. The first-order chi connectivity index (χ1) is 13.6. The molecular formula is C22H32N4O2. The van der Waals surface area contributed by atoms with Gasteiger partial charge in [0, 0.05) is 24.7 Å². The Bertz CT molecular complexity index is 751. The van der Waals surface area contributed by atoms with E-state index in [0.29, 0.717) is 6.04 Å². The van der Waals surface area contributed by atoms with Gasteiger partial charge in [0.2, 0.25) is 0 Å². The van der Waals surface area contributed by atoms with Gasteiger partial charge < -0.3 is 25.4 Å². The fraction of sp³-hybridized carbons (Fsp3) is 0.500. The van der Waals surface area contributed by atoms with E-state index in [0.717, 1.165) is 67.3 Å². The molecule has 1 fully saturated rings. The highest BCUT2D eigenvalue weighted by atomic mass is 16.5. The van der Waals surface area contributed by atoms with Crippen LogP contribution in [0.15, 0.2) is 36.5 Å². The predicted octanol–water partition coefficient (Wildman–Crippen LogP) is 3.47. The molecule has 0 radical (unpaired) electrons. The molecule has 28 heavy (non-hydrogen) atoms. The molecular weight excluding hydrogens is 352 g/mol. The van der Waals surface area contributed by atoms with E-state index in [2.05, 4.69) is 34.4 Å². The number of ether oxygens (including phenoxy) is 1. The lowest BCUT2D eigenvalue weighted by molar-refractivity contribution is 0.208. The van der Waals surface area contributed by atoms with Gasteiger partial charge in [-0.15, -0.1) is 0 Å². The van der Waals surface area contributed by atoms with Gasteiger partial charge in [-0.1, -0.05) is 25.5 Å². The van der Waals surface area contributed by atoms with E-state index < -0.39 is 6.23 Å². The molecule has 6 heteroatoms. The minimum Gasteiger partial charge on any atom is -0.494 e. The molecule has 0 bridgehead atoms. The molecule has 6 nitrogen and oxygen atoms in total. The van der Waals surface area contributed by atoms with Crippen molar-refractivity contribution in [3.05, 3.63) is 47.7 Å². The second-order valence-electron chi connectivity index (χ2n) is 7.40. The number of aryl methyl sites for hydroxylation is 1. The Labute approximate surface area is 167 Å². The van der Waals surface area contributed by atoms with Crippen LogP contribution in [0.5, 0.6) is 5.75 Å². The summed E-state index contributed by atoms with van der Waals surface area (Å²) in [6.07, 6.45) is 4.29. The molecule has 3 rings (SSSR count). The smallest absolute Gasteiger partial charge is 0.150 e. The number of nitrogens with zero attached hydrogens (tertiary/aromatic N) is 2. The zero-order valence-electron chi connectivity index (χ0n) is 17.1. The average Bonchev–Trinajstić information content (AvgIpc) is 3.18. The van der Waals surface area contributed by atoms with Crippen LogP contribution in [0.25, 0.3) is 0 Å². The molecule has 1 aromatic carbocycles. The van der Waals surface area contributed by atoms with Crippen LogP contribution in [0.2, 0.25) is 0 Å². The number of rotatable bonds is 9. The maximum atomic E-state index is 10.5. The number of nitrogens with one attached hydrogen (secondary N) is 2. The first-order valence-corrected chi connectivity index (χ1v) is 10.2. The minimum absolute atomic E-state index is 0.523. The second kappa shape index (κ2) is 9.75. The lowest BCUT2D eigenvalue weighted by Crippen LogP contribution is -2.30. The third-order valence-electron chi connectivity index (χ3n) is 5.21. The summed E-state index contributed by atoms with van der Waals surface area (Å²) in [7, 11) is 2.01. The SMILES string of the molecule is CCCCOc1ccc(C(O)Nc2cnc(N3CCC(NC)C3)c(C)c2)cc1. The van der Waals surface area contributed by atoms with Crippen LogP contribution in [0.1, 0.15) is 43.5 Å². The quantitative estimate of drug-likeness (QED) is 0.454. The van der Waals surface area contributed by atoms with Gasteiger partial charge in [-0.2, -0.15) is 0 Å². The first kappa shape index (κ1) is 20.4. The topological polar surface area (TPSA) is 69.7 Å². The van der Waals surface area contributed by atoms with Crippen LogP contribution in [-0.4, -0.2) is 42.9 Å². The normalized spacial score (nSPS) is 17.6. The molecule has 152 valence electrons. The first-order valence-electron chi connectivity index (χ1n) is 10.2. The van der Waals surface area contributed by atoms with Crippen LogP contribution >= 0.6 is 0 Å². The molecule has 2 heterocycles. The van der Waals surface area contributed by atoms with Crippen LogP contribution < -0.4 is 20.3 Å². The van der Waals surface area contributed by atoms with Gasteiger partial charge in [0.15, 0.2) is 6.23 Å². The van der Waals surface area contributed by atoms with Gasteiger partial charge in [-0.3, -0.25) is 0 Å². The van der Waals surface area contributed by atoms with E-state index in [9.17, 15) is 5.11 Å². The van der Waals surface area contributed by atoms with Crippen molar-refractivity contribution < 1.29 is 9.84 Å². The zero-order chi connectivity index (χ0) is 19.9. The molecule has 0 spiro atoms. The van der Waals surface area contributed by atoms with Crippen LogP contribution in [0.3, 0.4) is 0 Å². The number of hydrogen-bond acceptors (Lipinski definition) is 6. The van der Waals surface area contributed by atoms with Crippen molar-refractivity contribution in [3.63, 3.8) is 0 Å². The zero-order valence-corrected chi connectivity index (χ0v) is 17.1. The molecule has 2 unspecified atom stereocenters. The summed E-state index contributed by atoms with van der Waals surface area (Å²) in [6, 6.07) is 10.1. The maximum Gasteiger partial charge on any atom is 0.150 e. The maximum absolute atomic E-state index is 10.5. The summed E-state index contributed by atoms with van der Waals surface area (Å²) < 4.78 is 5.67. The Balaban J connectivity index is 1.59. The van der Waals surface area contributed by atoms with Crippen molar-refractivity contribution in [3.8, 4) is 5.75 Å². The summed E-state index contributed by atoms with van der Waals surface area (Å²) in [5, 5.41) is 17.0. The van der Waals surface area contributed by atoms with E-state index in [-0.39, 0.29) is 0 Å². The minimum atomic E-state index is -0.794. The monoisotopic (exact) mass is 384 g/mol. The summed E-state index contributed by atoms with van der Waals surface area (Å²) in [6.45, 7) is 6.92. The molecule has 3 N–H and O–H groups in total. The lowest BCUT2D eigenvalue weighted by Gasteiger charge is -2.21. The van der Waals surface area contributed by atoms with Gasteiger partial charge >= 0.3 is 0 Å². The molecule has 2 aromatic rings. The lowest BCUT2D eigenvalue weighted by atomic mass is 10.2. The standard InChI is InChI=1S/C22H32N4O2/c1-4-5-12-28-20-8-6-17(7-9-20)22(27)25-19-13-16(2)21(24-14-19)26-11-10-18(15-26)23-3/h6-9,13-14,18,22-23,25,27H,4-5,10-12,15H2,1-3H3. The molecule has 0 saturated carbocycles. The van der Waals surface area contributed by atoms with Gasteiger partial charge in [0.25, 0.3) is 0 Å². The fourth-order valence-corrected chi connectivity index (χ4v) is 3.49. The third kappa shape index (κ3) is 5.14. The highest BCUT2D eigenvalue weighted by Gasteiger charge is 2.23. The highest BCUT2D eigenvalue weighted by Crippen LogP contribution is 2.26. The number of aliphatic hydroxyl groups excluding tert-OH is 1. The number of pyridine rings is 1. The van der Waals surface area contributed by atoms with Crippen molar-refractivity contribution in [2.45, 2.75) is 45.4 Å². The van der Waals surface area contributed by atoms with Gasteiger partial charge in [0.1, 0.15) is 11.6 Å². The molecule has 2 atom stereocenters. The van der Waals surface area contributed by atoms with E-state index in [1.165, 1.54) is 0 Å². The Morgan fingerprint density at radius 3 is 2.75 bits per heavy atom. The number of aliphatic hydroxyl groups is 1. The van der Waals surface area contributed by atoms with Crippen molar-refractivity contribution in [2.24, 2.45) is 0 Å². The van der Waals surface area contributed by atoms with E-state index >= 15 is 0 Å². The summed E-state index contributed by atoms with van der Waals surface area (Å²) in [5.74, 6) is 1.85. The number of benzene rings is 1. The van der Waals surface area contributed by atoms with Gasteiger partial charge in [-0.05, 0) is 50.6 Å². The van der Waals surface area contributed by atoms with E-state index in [1.54, 1.807) is 6.20 Å². The van der Waals surface area contributed by atoms with E-state index in [1.807, 2.05) is 37.4 Å². The molecule has 0 aliphatic carbocycles. The Hall–Kier alpha value is -2.31. The number of aromatic nitrogens is 1. The summed E-state index contributed by atoms with van der Waals surface area (Å²) in [5.41, 5.74) is 2.70. The van der Waals surface area contributed by atoms with Gasteiger partial charge in [-0.25, -0.2) is 4.98 Å². The number of anilines is 2. The Morgan fingerprint density at radius 2 is 2.11 bits per heavy atom. The highest BCUT2D eigenvalue weighted by molar-refractivity contribution is 5.55.